The molecule has 80 heavy (non-hydrogen) atoms. The number of aliphatic hydroxyl groups is 8. The van der Waals surface area contributed by atoms with E-state index in [1.807, 2.05) is 0 Å². The van der Waals surface area contributed by atoms with Gasteiger partial charge in [-0.3, -0.25) is 4.79 Å². The number of carbonyl (C=O) groups is 1. The highest BCUT2D eigenvalue weighted by Gasteiger charge is 2.51. The summed E-state index contributed by atoms with van der Waals surface area (Å²) < 4.78 is 22.9. The van der Waals surface area contributed by atoms with Crippen LogP contribution in [0.25, 0.3) is 0 Å². The molecule has 462 valence electrons. The molecule has 2 rings (SSSR count). The highest BCUT2D eigenvalue weighted by Crippen LogP contribution is 2.30. The third kappa shape index (κ3) is 35.3. The van der Waals surface area contributed by atoms with Crippen LogP contribution in [0.5, 0.6) is 0 Å². The summed E-state index contributed by atoms with van der Waals surface area (Å²) in [5.74, 6) is -0.240. The molecule has 0 spiro atoms. The Balaban J connectivity index is 1.75. The number of rotatable bonds is 50. The molecule has 14 heteroatoms. The van der Waals surface area contributed by atoms with E-state index in [9.17, 15) is 45.6 Å². The summed E-state index contributed by atoms with van der Waals surface area (Å²) in [6.45, 7) is 2.73. The molecule has 2 heterocycles. The first-order chi connectivity index (χ1) is 39.1. The molecule has 0 bridgehead atoms. The highest BCUT2D eigenvalue weighted by molar-refractivity contribution is 5.76. The van der Waals surface area contributed by atoms with Gasteiger partial charge in [-0.2, -0.15) is 0 Å². The van der Waals surface area contributed by atoms with Crippen molar-refractivity contribution < 1.29 is 64.6 Å². The monoisotopic (exact) mass is 1130 g/mol. The number of hydrogen-bond donors (Lipinski definition) is 9. The van der Waals surface area contributed by atoms with Gasteiger partial charge < -0.3 is 65.1 Å². The second kappa shape index (κ2) is 50.7. The molecule has 0 aromatic carbocycles. The van der Waals surface area contributed by atoms with Crippen molar-refractivity contribution in [3.8, 4) is 0 Å². The standard InChI is InChI=1S/C66H115NO13/c1-3-5-7-9-11-13-15-17-19-21-23-25-26-27-28-30-32-34-36-38-40-42-44-46-48-50-58(71)67-54(55(70)49-47-45-43-41-39-37-35-33-31-29-24-22-20-18-16-14-12-10-8-6-4-2)53-77-65-63(76)61(74)64(57(52-69)79-65)80-66-62(75)60(73)59(72)56(51-68)78-66/h5,7,11,13,17,19,23,25,27-28,32,34,38,40,54-57,59-66,68-70,72-76H,3-4,6,8-10,12,14-16,18,20-22,24,26,29-31,33,35-37,39,41-53H2,1-2H3,(H,67,71)/b7-5-,13-11-,19-17-,25-23-,28-27-,34-32-,40-38-. The van der Waals surface area contributed by atoms with Crippen LogP contribution in [0.2, 0.25) is 0 Å². The number of hydrogen-bond acceptors (Lipinski definition) is 13. The van der Waals surface area contributed by atoms with Gasteiger partial charge in [-0.1, -0.05) is 240 Å². The van der Waals surface area contributed by atoms with E-state index in [0.717, 1.165) is 89.9 Å². The van der Waals surface area contributed by atoms with Gasteiger partial charge in [0.15, 0.2) is 12.6 Å². The average molecular weight is 1130 g/mol. The molecule has 1 amide bonds. The third-order valence-corrected chi connectivity index (χ3v) is 15.1. The van der Waals surface area contributed by atoms with Gasteiger partial charge in [-0.15, -0.1) is 0 Å². The van der Waals surface area contributed by atoms with Gasteiger partial charge in [-0.25, -0.2) is 0 Å². The zero-order chi connectivity index (χ0) is 58.1. The average Bonchev–Trinajstić information content (AvgIpc) is 3.49. The van der Waals surface area contributed by atoms with E-state index in [0.29, 0.717) is 12.8 Å². The molecule has 0 radical (unpaired) electrons. The lowest BCUT2D eigenvalue weighted by atomic mass is 9.97. The summed E-state index contributed by atoms with van der Waals surface area (Å²) >= 11 is 0. The Kier molecular flexibility index (Phi) is 46.4. The molecule has 12 unspecified atom stereocenters. The topological polar surface area (TPSA) is 228 Å². The maximum Gasteiger partial charge on any atom is 0.220 e. The van der Waals surface area contributed by atoms with E-state index in [1.165, 1.54) is 109 Å². The summed E-state index contributed by atoms with van der Waals surface area (Å²) in [7, 11) is 0. The van der Waals surface area contributed by atoms with E-state index in [1.54, 1.807) is 0 Å². The molecule has 2 fully saturated rings. The van der Waals surface area contributed by atoms with Gasteiger partial charge >= 0.3 is 0 Å². The minimum absolute atomic E-state index is 0.240. The van der Waals surface area contributed by atoms with E-state index in [2.05, 4.69) is 104 Å². The Morgan fingerprint density at radius 2 is 0.863 bits per heavy atom. The first-order valence-corrected chi connectivity index (χ1v) is 31.8. The molecule has 9 N–H and O–H groups in total. The third-order valence-electron chi connectivity index (χ3n) is 15.1. The van der Waals surface area contributed by atoms with Crippen molar-refractivity contribution in [3.05, 3.63) is 85.1 Å². The first kappa shape index (κ1) is 73.3. The van der Waals surface area contributed by atoms with Gasteiger partial charge in [0.1, 0.15) is 48.8 Å². The van der Waals surface area contributed by atoms with Crippen LogP contribution in [0.3, 0.4) is 0 Å². The molecule has 2 aliphatic heterocycles. The number of carbonyl (C=O) groups excluding carboxylic acids is 1. The number of allylic oxidation sites excluding steroid dienone is 14. The summed E-state index contributed by atoms with van der Waals surface area (Å²) in [5, 5.41) is 87.4. The Morgan fingerprint density at radius 3 is 1.31 bits per heavy atom. The minimum atomic E-state index is -1.79. The Hall–Kier alpha value is -2.83. The summed E-state index contributed by atoms with van der Waals surface area (Å²) in [4.78, 5) is 13.3. The summed E-state index contributed by atoms with van der Waals surface area (Å²) in [6.07, 6.45) is 51.5. The Morgan fingerprint density at radius 1 is 0.463 bits per heavy atom. The largest absolute Gasteiger partial charge is 0.394 e. The van der Waals surface area contributed by atoms with Crippen molar-refractivity contribution in [1.82, 2.24) is 5.32 Å². The number of ether oxygens (including phenoxy) is 4. The molecular formula is C66H115NO13. The lowest BCUT2D eigenvalue weighted by Gasteiger charge is -2.46. The quantitative estimate of drug-likeness (QED) is 0.0204. The Bertz CT molecular complexity index is 1660. The van der Waals surface area contributed by atoms with Crippen LogP contribution >= 0.6 is 0 Å². The van der Waals surface area contributed by atoms with Gasteiger partial charge in [-0.05, 0) is 70.6 Å². The van der Waals surface area contributed by atoms with Crippen LogP contribution < -0.4 is 5.32 Å². The molecule has 2 saturated heterocycles. The maximum absolute atomic E-state index is 13.3. The molecule has 0 saturated carbocycles. The molecular weight excluding hydrogens is 1010 g/mol. The van der Waals surface area contributed by atoms with Crippen molar-refractivity contribution in [2.75, 3.05) is 19.8 Å². The fraction of sp³-hybridized carbons (Fsp3) is 0.773. The zero-order valence-electron chi connectivity index (χ0n) is 49.8. The SMILES string of the molecule is CC/C=C\C/C=C\C/C=C\C/C=C\C/C=C\C/C=C\C/C=C\CCCCCC(=O)NC(COC1OC(CO)C(OC2OC(CO)C(O)C(O)C2O)C(O)C1O)C(O)CCCCCCCCCCCCCCCCCCCCCCC. The second-order valence-corrected chi connectivity index (χ2v) is 22.2. The molecule has 12 atom stereocenters. The van der Waals surface area contributed by atoms with Crippen molar-refractivity contribution in [2.45, 2.75) is 306 Å². The van der Waals surface area contributed by atoms with E-state index < -0.39 is 86.8 Å². The van der Waals surface area contributed by atoms with E-state index >= 15 is 0 Å². The minimum Gasteiger partial charge on any atom is -0.394 e. The van der Waals surface area contributed by atoms with Crippen molar-refractivity contribution in [2.24, 2.45) is 0 Å². The van der Waals surface area contributed by atoms with Crippen molar-refractivity contribution >= 4 is 5.91 Å². The van der Waals surface area contributed by atoms with Gasteiger partial charge in [0.2, 0.25) is 5.91 Å². The fourth-order valence-corrected chi connectivity index (χ4v) is 10.0. The second-order valence-electron chi connectivity index (χ2n) is 22.2. The van der Waals surface area contributed by atoms with Crippen LogP contribution in [-0.4, -0.2) is 140 Å². The lowest BCUT2D eigenvalue weighted by molar-refractivity contribution is -0.359. The van der Waals surface area contributed by atoms with E-state index in [-0.39, 0.29) is 18.9 Å². The molecule has 0 aromatic rings. The number of unbranched alkanes of at least 4 members (excludes halogenated alkanes) is 23. The van der Waals surface area contributed by atoms with Gasteiger partial charge in [0.25, 0.3) is 0 Å². The first-order valence-electron chi connectivity index (χ1n) is 31.8. The van der Waals surface area contributed by atoms with Gasteiger partial charge in [0.05, 0.1) is 32.0 Å². The highest BCUT2D eigenvalue weighted by atomic mass is 16.7. The normalized spacial score (nSPS) is 24.8. The molecule has 0 aliphatic carbocycles. The van der Waals surface area contributed by atoms with E-state index in [4.69, 9.17) is 18.9 Å². The molecule has 14 nitrogen and oxygen atoms in total. The fourth-order valence-electron chi connectivity index (χ4n) is 10.0. The summed E-state index contributed by atoms with van der Waals surface area (Å²) in [5.41, 5.74) is 0. The van der Waals surface area contributed by atoms with Gasteiger partial charge in [0, 0.05) is 6.42 Å². The Labute approximate surface area is 484 Å². The zero-order valence-corrected chi connectivity index (χ0v) is 49.8. The number of amides is 1. The maximum atomic E-state index is 13.3. The smallest absolute Gasteiger partial charge is 0.220 e. The lowest BCUT2D eigenvalue weighted by Crippen LogP contribution is -2.65. The van der Waals surface area contributed by atoms with Crippen LogP contribution in [0.4, 0.5) is 0 Å². The number of nitrogens with one attached hydrogen (secondary N) is 1. The predicted octanol–water partition coefficient (Wildman–Crippen LogP) is 11.7. The van der Waals surface area contributed by atoms with Crippen LogP contribution in [-0.2, 0) is 23.7 Å². The number of aliphatic hydroxyl groups excluding tert-OH is 8. The van der Waals surface area contributed by atoms with Crippen LogP contribution in [0.15, 0.2) is 85.1 Å². The molecule has 2 aliphatic rings. The van der Waals surface area contributed by atoms with Crippen molar-refractivity contribution in [3.63, 3.8) is 0 Å². The summed E-state index contributed by atoms with van der Waals surface area (Å²) in [6, 6.07) is -0.854. The van der Waals surface area contributed by atoms with Crippen molar-refractivity contribution in [1.29, 1.82) is 0 Å². The van der Waals surface area contributed by atoms with Crippen LogP contribution in [0.1, 0.15) is 232 Å². The predicted molar refractivity (Wildman–Crippen MR) is 323 cm³/mol. The van der Waals surface area contributed by atoms with Crippen LogP contribution in [0, 0.1) is 0 Å². The molecule has 0 aromatic heterocycles.